The van der Waals surface area contributed by atoms with Gasteiger partial charge in [0.1, 0.15) is 35.0 Å². The maximum Gasteiger partial charge on any atom is 0.388 e. The van der Waals surface area contributed by atoms with Gasteiger partial charge in [-0.1, -0.05) is 169 Å². The number of carbonyl (C=O) groups is 4. The third-order valence-electron chi connectivity index (χ3n) is 12.2. The Kier molecular flexibility index (Phi) is 16.2. The van der Waals surface area contributed by atoms with Crippen molar-refractivity contribution in [1.29, 1.82) is 0 Å². The minimum absolute atomic E-state index is 0. The molecular formula is C55H47BrN6O7S3. The quantitative estimate of drug-likeness (QED) is 0.0112. The summed E-state index contributed by atoms with van der Waals surface area (Å²) in [6, 6.07) is 51.6. The Morgan fingerprint density at radius 1 is 0.833 bits per heavy atom. The number of aromatic nitrogens is 2. The number of rotatable bonds is 19. The number of ether oxygens (including phenoxy) is 1. The van der Waals surface area contributed by atoms with Crippen LogP contribution in [0.15, 0.2) is 216 Å². The van der Waals surface area contributed by atoms with Gasteiger partial charge in [0.05, 0.1) is 7.11 Å². The van der Waals surface area contributed by atoms with Gasteiger partial charge in [-0.3, -0.25) is 14.5 Å². The molecule has 2 aliphatic rings. The van der Waals surface area contributed by atoms with E-state index in [4.69, 9.17) is 14.6 Å². The van der Waals surface area contributed by atoms with Crippen molar-refractivity contribution < 1.29 is 55.4 Å². The lowest BCUT2D eigenvalue weighted by Crippen LogP contribution is -3.00. The number of anilines is 1. The van der Waals surface area contributed by atoms with Crippen LogP contribution in [0.25, 0.3) is 0 Å². The minimum Gasteiger partial charge on any atom is -1.00 e. The summed E-state index contributed by atoms with van der Waals surface area (Å²) >= 11 is 4.05. The number of nitrogens with zero attached hydrogens (tertiary/aromatic N) is 4. The van der Waals surface area contributed by atoms with E-state index in [1.54, 1.807) is 17.8 Å². The van der Waals surface area contributed by atoms with Gasteiger partial charge in [-0.15, -0.1) is 34.9 Å². The zero-order chi connectivity index (χ0) is 49.4. The molecule has 17 heteroatoms. The first-order valence-corrected chi connectivity index (χ1v) is 25.4. The van der Waals surface area contributed by atoms with Crippen molar-refractivity contribution in [3.05, 3.63) is 239 Å². The van der Waals surface area contributed by atoms with Gasteiger partial charge in [-0.05, 0) is 22.3 Å². The van der Waals surface area contributed by atoms with Gasteiger partial charge >= 0.3 is 17.5 Å². The van der Waals surface area contributed by atoms with Crippen molar-refractivity contribution in [1.82, 2.24) is 15.2 Å². The molecule has 9 rings (SSSR count). The maximum absolute atomic E-state index is 14.2. The molecule has 1 fully saturated rings. The zero-order valence-electron chi connectivity index (χ0n) is 38.7. The highest BCUT2D eigenvalue weighted by molar-refractivity contribution is 8.01. The second kappa shape index (κ2) is 22.8. The summed E-state index contributed by atoms with van der Waals surface area (Å²) in [5, 5.41) is 22.7. The molecule has 3 N–H and O–H groups in total. The van der Waals surface area contributed by atoms with Crippen molar-refractivity contribution in [2.24, 2.45) is 5.16 Å². The molecule has 0 saturated carbocycles. The fourth-order valence-electron chi connectivity index (χ4n) is 8.96. The first kappa shape index (κ1) is 51.1. The van der Waals surface area contributed by atoms with E-state index in [-0.39, 0.29) is 46.4 Å². The highest BCUT2D eigenvalue weighted by atomic mass is 79.9. The normalized spacial score (nSPS) is 15.5. The molecule has 0 aliphatic carbocycles. The average Bonchev–Trinajstić information content (AvgIpc) is 3.89. The van der Waals surface area contributed by atoms with Crippen LogP contribution in [0.3, 0.4) is 0 Å². The summed E-state index contributed by atoms with van der Waals surface area (Å²) in [7, 11) is 1.37. The first-order valence-electron chi connectivity index (χ1n) is 22.5. The van der Waals surface area contributed by atoms with Gasteiger partial charge in [-0.2, -0.15) is 4.57 Å². The summed E-state index contributed by atoms with van der Waals surface area (Å²) in [6.07, 6.45) is 5.10. The van der Waals surface area contributed by atoms with Crippen molar-refractivity contribution in [2.75, 3.05) is 30.5 Å². The molecule has 2 atom stereocenters. The van der Waals surface area contributed by atoms with E-state index in [0.717, 1.165) is 21.6 Å². The number of amides is 2. The lowest BCUT2D eigenvalue weighted by atomic mass is 9.77. The molecular weight excluding hydrogens is 1030 g/mol. The molecule has 364 valence electrons. The van der Waals surface area contributed by atoms with Gasteiger partial charge in [-0.25, -0.2) is 14.6 Å². The number of pyridine rings is 1. The number of methoxy groups -OCH3 is 1. The van der Waals surface area contributed by atoms with Crippen LogP contribution in [-0.4, -0.2) is 81.1 Å². The predicted molar refractivity (Wildman–Crippen MR) is 276 cm³/mol. The van der Waals surface area contributed by atoms with Crippen LogP contribution in [0.4, 0.5) is 5.13 Å². The van der Waals surface area contributed by atoms with Crippen LogP contribution < -0.4 is 32.2 Å². The van der Waals surface area contributed by atoms with E-state index in [1.165, 1.54) is 52.9 Å². The molecule has 0 radical (unpaired) electrons. The molecule has 0 bridgehead atoms. The summed E-state index contributed by atoms with van der Waals surface area (Å²) in [6.45, 7) is 3.70. The van der Waals surface area contributed by atoms with Gasteiger partial charge in [0.15, 0.2) is 23.2 Å². The molecule has 0 unspecified atom stereocenters. The maximum atomic E-state index is 14.2. The van der Waals surface area contributed by atoms with E-state index < -0.39 is 46.2 Å². The molecule has 0 spiro atoms. The van der Waals surface area contributed by atoms with E-state index in [2.05, 4.69) is 58.8 Å². The Labute approximate surface area is 439 Å². The molecule has 5 aromatic carbocycles. The van der Waals surface area contributed by atoms with Crippen molar-refractivity contribution in [2.45, 2.75) is 27.4 Å². The van der Waals surface area contributed by atoms with Gasteiger partial charge in [0, 0.05) is 45.0 Å². The number of oxime groups is 1. The van der Waals surface area contributed by atoms with E-state index in [0.29, 0.717) is 27.6 Å². The average molecular weight is 1080 g/mol. The number of hydrogen-bond acceptors (Lipinski definition) is 12. The summed E-state index contributed by atoms with van der Waals surface area (Å²) in [4.78, 5) is 67.3. The highest BCUT2D eigenvalue weighted by Crippen LogP contribution is 2.43. The topological polar surface area (TPSA) is 163 Å². The van der Waals surface area contributed by atoms with E-state index >= 15 is 0 Å². The predicted octanol–water partition coefficient (Wildman–Crippen LogP) is 5.24. The fraction of sp³-hybridized carbons (Fsp3) is 0.145. The number of fused-ring (bicyclic) bond motifs is 1. The van der Waals surface area contributed by atoms with Crippen molar-refractivity contribution >= 4 is 69.5 Å². The number of nitrogens with one attached hydrogen (secondary N) is 2. The molecule has 2 aromatic heterocycles. The van der Waals surface area contributed by atoms with Crippen LogP contribution in [0.2, 0.25) is 0 Å². The first-order chi connectivity index (χ1) is 34.7. The van der Waals surface area contributed by atoms with Crippen LogP contribution in [0, 0.1) is 0 Å². The smallest absolute Gasteiger partial charge is 0.388 e. The molecule has 7 aromatic rings. The van der Waals surface area contributed by atoms with Crippen LogP contribution in [0.5, 0.6) is 0 Å². The number of aliphatic carboxylic acids is 1. The number of carboxylic acid groups (broad SMARTS) is 1. The van der Waals surface area contributed by atoms with Gasteiger partial charge < -0.3 is 42.3 Å². The molecule has 2 amide bonds. The monoisotopic (exact) mass is 1080 g/mol. The third kappa shape index (κ3) is 9.84. The van der Waals surface area contributed by atoms with Crippen LogP contribution >= 0.6 is 34.9 Å². The zero-order valence-corrected chi connectivity index (χ0v) is 42.7. The minimum atomic E-state index is -1.33. The second-order valence-corrected chi connectivity index (χ2v) is 19.3. The number of halogens is 1. The molecule has 2 aliphatic heterocycles. The molecule has 4 heterocycles. The van der Waals surface area contributed by atoms with Crippen molar-refractivity contribution in [3.8, 4) is 0 Å². The standard InChI is InChI=1S/C55H46N6O7S3.BrH/c1-3-33-68-59-45(44-36-71-53(56-44)58-54(38-19-9-4-10-20-38,39-21-11-5-12-22-39)40-23-13-6-14-24-40)48(62)57-46-49(63)61-47(51(64)65)37(35-70-50(46)61)34-69-43-29-31-60(32-30-43)55(52(66)67-2,41-25-15-7-16-26-41)42-27-17-8-18-28-42;/h3-32,36,46,50H,1,33-35H2,2H3,(H2-,56,57,58,62,64,65);1H/t46-,50-;/m1./s1. The number of hydrogen-bond donors (Lipinski definition) is 3. The van der Waals surface area contributed by atoms with Gasteiger partial charge in [0.2, 0.25) is 0 Å². The lowest BCUT2D eigenvalue weighted by molar-refractivity contribution is -0.731. The number of thioether (sulfide) groups is 2. The Hall–Kier alpha value is -7.31. The largest absolute Gasteiger partial charge is 1.00 e. The molecule has 72 heavy (non-hydrogen) atoms. The Bertz CT molecular complexity index is 2980. The second-order valence-electron chi connectivity index (χ2n) is 16.3. The van der Waals surface area contributed by atoms with Crippen LogP contribution in [-0.2, 0) is 39.8 Å². The fourth-order valence-corrected chi connectivity index (χ4v) is 12.1. The van der Waals surface area contributed by atoms with Gasteiger partial charge in [0.25, 0.3) is 11.8 Å². The Balaban J connectivity index is 0.00000693. The third-order valence-corrected chi connectivity index (χ3v) is 15.4. The number of β-lactam (4-membered cyclic amide) rings is 1. The van der Waals surface area contributed by atoms with Crippen LogP contribution in [0.1, 0.15) is 33.5 Å². The Morgan fingerprint density at radius 2 is 1.35 bits per heavy atom. The molecule has 13 nitrogen and oxygen atoms in total. The number of carboxylic acids is 1. The Morgan fingerprint density at radius 3 is 1.83 bits per heavy atom. The molecule has 1 saturated heterocycles. The SMILES string of the molecule is C=CCON=C(C(=O)N[C@@H]1C(=O)N2C(C(=O)O)=C(CSc3cc[n+](C(C(=O)OC)(c4ccccc4)c4ccccc4)cc3)CS[C@H]12)c1csc(NC(c2ccccc2)(c2ccccc2)c2ccccc2)n1.[Br-]. The summed E-state index contributed by atoms with van der Waals surface area (Å²) in [5.41, 5.74) is 2.57. The number of benzene rings is 5. The van der Waals surface area contributed by atoms with E-state index in [1.807, 2.05) is 132 Å². The summed E-state index contributed by atoms with van der Waals surface area (Å²) < 4.78 is 7.24. The van der Waals surface area contributed by atoms with Crippen molar-refractivity contribution in [3.63, 3.8) is 0 Å². The van der Waals surface area contributed by atoms with E-state index in [9.17, 15) is 24.3 Å². The summed E-state index contributed by atoms with van der Waals surface area (Å²) in [5.74, 6) is -2.44. The number of thiazole rings is 1. The number of esters is 1. The highest BCUT2D eigenvalue weighted by Gasteiger charge is 2.55. The number of carbonyl (C=O) groups excluding carboxylic acids is 3. The lowest BCUT2D eigenvalue weighted by Gasteiger charge is -2.49.